The van der Waals surface area contributed by atoms with Crippen molar-refractivity contribution in [2.45, 2.75) is 51.4 Å². The van der Waals surface area contributed by atoms with Crippen LogP contribution in [0.5, 0.6) is 0 Å². The molecule has 3 saturated heterocycles. The average molecular weight is 358 g/mol. The first-order valence-corrected chi connectivity index (χ1v) is 10.8. The van der Waals surface area contributed by atoms with Gasteiger partial charge in [-0.15, -0.1) is 0 Å². The van der Waals surface area contributed by atoms with E-state index in [1.165, 1.54) is 76.8 Å². The van der Waals surface area contributed by atoms with Crippen LogP contribution in [0.1, 0.15) is 56.9 Å². The molecular weight excluding hydrogens is 322 g/mol. The first-order valence-electron chi connectivity index (χ1n) is 10.8. The normalized spacial score (nSPS) is 24.9. The Morgan fingerprint density at radius 2 is 1.58 bits per heavy atom. The Kier molecular flexibility index (Phi) is 6.05. The molecule has 5 nitrogen and oxygen atoms in total. The highest BCUT2D eigenvalue weighted by Gasteiger charge is 2.24. The molecule has 1 aromatic rings. The van der Waals surface area contributed by atoms with Crippen molar-refractivity contribution in [3.63, 3.8) is 0 Å². The standard InChI is InChI=1S/C21H35N5/c1-17-4-12-26(13-5-17)21-23-14-20(15-24-21)19-6-10-25(11-7-19)16-18-2-8-22-9-3-18/h14-15,17-19,22H,2-13,16H2,1H3. The second-order valence-electron chi connectivity index (χ2n) is 8.75. The summed E-state index contributed by atoms with van der Waals surface area (Å²) in [5.74, 6) is 3.34. The Morgan fingerprint density at radius 3 is 2.23 bits per heavy atom. The lowest BCUT2D eigenvalue weighted by Gasteiger charge is -2.35. The molecule has 1 N–H and O–H groups in total. The number of anilines is 1. The molecule has 0 atom stereocenters. The SMILES string of the molecule is CC1CCN(c2ncc(C3CCN(CC4CCNCC4)CC3)cn2)CC1. The van der Waals surface area contributed by atoms with Gasteiger partial charge < -0.3 is 15.1 Å². The lowest BCUT2D eigenvalue weighted by atomic mass is 9.90. The quantitative estimate of drug-likeness (QED) is 0.898. The molecule has 0 aliphatic carbocycles. The third kappa shape index (κ3) is 4.55. The first kappa shape index (κ1) is 18.2. The highest BCUT2D eigenvalue weighted by Crippen LogP contribution is 2.29. The zero-order valence-electron chi connectivity index (χ0n) is 16.4. The van der Waals surface area contributed by atoms with E-state index in [2.05, 4.69) is 34.4 Å². The van der Waals surface area contributed by atoms with Crippen LogP contribution in [-0.4, -0.2) is 60.7 Å². The summed E-state index contributed by atoms with van der Waals surface area (Å²) in [5, 5.41) is 3.47. The number of nitrogens with zero attached hydrogens (tertiary/aromatic N) is 4. The van der Waals surface area contributed by atoms with Gasteiger partial charge in [0.25, 0.3) is 0 Å². The molecule has 144 valence electrons. The molecule has 0 amide bonds. The summed E-state index contributed by atoms with van der Waals surface area (Å²) in [6.45, 7) is 10.8. The van der Waals surface area contributed by atoms with Gasteiger partial charge in [-0.2, -0.15) is 0 Å². The maximum absolute atomic E-state index is 4.71. The Bertz CT molecular complexity index is 538. The van der Waals surface area contributed by atoms with Crippen LogP contribution in [0.2, 0.25) is 0 Å². The summed E-state index contributed by atoms with van der Waals surface area (Å²) in [7, 11) is 0. The predicted molar refractivity (Wildman–Crippen MR) is 107 cm³/mol. The Balaban J connectivity index is 1.26. The van der Waals surface area contributed by atoms with Gasteiger partial charge in [0.2, 0.25) is 5.95 Å². The van der Waals surface area contributed by atoms with Crippen molar-refractivity contribution in [3.05, 3.63) is 18.0 Å². The number of rotatable bonds is 4. The van der Waals surface area contributed by atoms with E-state index in [0.717, 1.165) is 30.9 Å². The van der Waals surface area contributed by atoms with Crippen molar-refractivity contribution in [1.82, 2.24) is 20.2 Å². The molecule has 4 rings (SSSR count). The van der Waals surface area contributed by atoms with Gasteiger partial charge in [0.05, 0.1) is 0 Å². The van der Waals surface area contributed by atoms with Gasteiger partial charge in [-0.25, -0.2) is 9.97 Å². The van der Waals surface area contributed by atoms with Gasteiger partial charge in [-0.05, 0) is 88.0 Å². The Morgan fingerprint density at radius 1 is 0.923 bits per heavy atom. The zero-order valence-corrected chi connectivity index (χ0v) is 16.4. The van der Waals surface area contributed by atoms with Crippen LogP contribution >= 0.6 is 0 Å². The third-order valence-corrected chi connectivity index (χ3v) is 6.76. The highest BCUT2D eigenvalue weighted by molar-refractivity contribution is 5.31. The summed E-state index contributed by atoms with van der Waals surface area (Å²) in [6.07, 6.45) is 12.0. The predicted octanol–water partition coefficient (Wildman–Crippen LogP) is 2.89. The molecule has 0 spiro atoms. The molecule has 3 fully saturated rings. The summed E-state index contributed by atoms with van der Waals surface area (Å²) in [5.41, 5.74) is 1.35. The summed E-state index contributed by atoms with van der Waals surface area (Å²) in [6, 6.07) is 0. The molecule has 0 bridgehead atoms. The lowest BCUT2D eigenvalue weighted by molar-refractivity contribution is 0.167. The maximum atomic E-state index is 4.71. The smallest absolute Gasteiger partial charge is 0.225 e. The fourth-order valence-electron chi connectivity index (χ4n) is 4.79. The van der Waals surface area contributed by atoms with Crippen LogP contribution in [0.15, 0.2) is 12.4 Å². The maximum Gasteiger partial charge on any atom is 0.225 e. The van der Waals surface area contributed by atoms with E-state index in [4.69, 9.17) is 9.97 Å². The average Bonchev–Trinajstić information content (AvgIpc) is 2.70. The molecule has 0 unspecified atom stereocenters. The number of hydrogen-bond donors (Lipinski definition) is 1. The van der Waals surface area contributed by atoms with E-state index in [0.29, 0.717) is 5.92 Å². The van der Waals surface area contributed by atoms with Gasteiger partial charge >= 0.3 is 0 Å². The van der Waals surface area contributed by atoms with E-state index < -0.39 is 0 Å². The van der Waals surface area contributed by atoms with Crippen LogP contribution in [0, 0.1) is 11.8 Å². The van der Waals surface area contributed by atoms with Gasteiger partial charge in [0, 0.05) is 32.0 Å². The van der Waals surface area contributed by atoms with Crippen molar-refractivity contribution < 1.29 is 0 Å². The van der Waals surface area contributed by atoms with Crippen LogP contribution in [0.4, 0.5) is 5.95 Å². The molecule has 4 heterocycles. The molecule has 0 saturated carbocycles. The summed E-state index contributed by atoms with van der Waals surface area (Å²) < 4.78 is 0. The number of piperidine rings is 3. The second kappa shape index (κ2) is 8.66. The number of hydrogen-bond acceptors (Lipinski definition) is 5. The molecule has 3 aliphatic heterocycles. The van der Waals surface area contributed by atoms with E-state index in [1.54, 1.807) is 0 Å². The first-order chi connectivity index (χ1) is 12.8. The van der Waals surface area contributed by atoms with Crippen LogP contribution in [-0.2, 0) is 0 Å². The molecule has 0 radical (unpaired) electrons. The number of nitrogens with one attached hydrogen (secondary N) is 1. The molecule has 26 heavy (non-hydrogen) atoms. The van der Waals surface area contributed by atoms with Crippen molar-refractivity contribution >= 4 is 5.95 Å². The zero-order chi connectivity index (χ0) is 17.8. The minimum atomic E-state index is 0.648. The van der Waals surface area contributed by atoms with E-state index >= 15 is 0 Å². The van der Waals surface area contributed by atoms with Gasteiger partial charge in [-0.1, -0.05) is 6.92 Å². The summed E-state index contributed by atoms with van der Waals surface area (Å²) >= 11 is 0. The molecule has 5 heteroatoms. The van der Waals surface area contributed by atoms with Crippen molar-refractivity contribution in [1.29, 1.82) is 0 Å². The van der Waals surface area contributed by atoms with E-state index in [1.807, 2.05) is 0 Å². The van der Waals surface area contributed by atoms with Crippen molar-refractivity contribution in [2.75, 3.05) is 50.7 Å². The second-order valence-corrected chi connectivity index (χ2v) is 8.75. The highest BCUT2D eigenvalue weighted by atomic mass is 15.2. The number of aromatic nitrogens is 2. The summed E-state index contributed by atoms with van der Waals surface area (Å²) in [4.78, 5) is 14.5. The van der Waals surface area contributed by atoms with Crippen molar-refractivity contribution in [3.8, 4) is 0 Å². The van der Waals surface area contributed by atoms with E-state index in [-0.39, 0.29) is 0 Å². The molecule has 0 aromatic carbocycles. The Labute approximate surface area is 158 Å². The lowest BCUT2D eigenvalue weighted by Crippen LogP contribution is -2.40. The third-order valence-electron chi connectivity index (χ3n) is 6.76. The number of likely N-dealkylation sites (tertiary alicyclic amines) is 1. The topological polar surface area (TPSA) is 44.3 Å². The van der Waals surface area contributed by atoms with Gasteiger partial charge in [-0.3, -0.25) is 0 Å². The fraction of sp³-hybridized carbons (Fsp3) is 0.810. The van der Waals surface area contributed by atoms with Crippen LogP contribution in [0.25, 0.3) is 0 Å². The molecular formula is C21H35N5. The largest absolute Gasteiger partial charge is 0.341 e. The van der Waals surface area contributed by atoms with Gasteiger partial charge in [0.15, 0.2) is 0 Å². The van der Waals surface area contributed by atoms with Gasteiger partial charge in [0.1, 0.15) is 0 Å². The minimum Gasteiger partial charge on any atom is -0.341 e. The molecule has 1 aromatic heterocycles. The van der Waals surface area contributed by atoms with Crippen molar-refractivity contribution in [2.24, 2.45) is 11.8 Å². The fourth-order valence-corrected chi connectivity index (χ4v) is 4.79. The van der Waals surface area contributed by atoms with Crippen LogP contribution < -0.4 is 10.2 Å². The Hall–Kier alpha value is -1.20. The molecule has 3 aliphatic rings. The monoisotopic (exact) mass is 357 g/mol. The minimum absolute atomic E-state index is 0.648. The van der Waals surface area contributed by atoms with E-state index in [9.17, 15) is 0 Å². The van der Waals surface area contributed by atoms with Crippen LogP contribution in [0.3, 0.4) is 0 Å².